The molecule has 0 saturated heterocycles. The fourth-order valence-corrected chi connectivity index (χ4v) is 5.03. The Morgan fingerprint density at radius 2 is 1.68 bits per heavy atom. The van der Waals surface area contributed by atoms with Crippen molar-refractivity contribution in [3.63, 3.8) is 0 Å². The Hall–Kier alpha value is -0.730. The van der Waals surface area contributed by atoms with Crippen LogP contribution in [0, 0.1) is 17.8 Å². The number of ether oxygens (including phenoxy) is 1. The minimum absolute atomic E-state index is 0.0938. The summed E-state index contributed by atoms with van der Waals surface area (Å²) in [4.78, 5) is 12.0. The standard InChI is InChI=1S/C16H27NO2/c1-2-3-4-5-19-15(18)17-16-9-12-6-13(10-16)8-14(7-12)11-16/h12-14H,2-11H2,1H3,(H,17,18). The summed E-state index contributed by atoms with van der Waals surface area (Å²) in [6.45, 7) is 2.74. The van der Waals surface area contributed by atoms with Crippen LogP contribution in [0.1, 0.15) is 64.7 Å². The smallest absolute Gasteiger partial charge is 0.407 e. The van der Waals surface area contributed by atoms with Crippen molar-refractivity contribution in [3.05, 3.63) is 0 Å². The van der Waals surface area contributed by atoms with Crippen LogP contribution in [0.4, 0.5) is 4.79 Å². The number of nitrogens with one attached hydrogen (secondary N) is 1. The van der Waals surface area contributed by atoms with Crippen molar-refractivity contribution in [3.8, 4) is 0 Å². The van der Waals surface area contributed by atoms with E-state index in [-0.39, 0.29) is 11.6 Å². The summed E-state index contributed by atoms with van der Waals surface area (Å²) in [5, 5.41) is 3.24. The van der Waals surface area contributed by atoms with Crippen LogP contribution in [-0.2, 0) is 4.74 Å². The monoisotopic (exact) mass is 265 g/mol. The van der Waals surface area contributed by atoms with Crippen LogP contribution in [-0.4, -0.2) is 18.2 Å². The molecule has 0 heterocycles. The van der Waals surface area contributed by atoms with Crippen LogP contribution >= 0.6 is 0 Å². The van der Waals surface area contributed by atoms with E-state index in [0.717, 1.165) is 30.6 Å². The summed E-state index contributed by atoms with van der Waals surface area (Å²) < 4.78 is 5.33. The predicted molar refractivity (Wildman–Crippen MR) is 74.9 cm³/mol. The maximum Gasteiger partial charge on any atom is 0.407 e. The van der Waals surface area contributed by atoms with Crippen molar-refractivity contribution < 1.29 is 9.53 Å². The Kier molecular flexibility index (Phi) is 3.72. The van der Waals surface area contributed by atoms with Crippen molar-refractivity contribution in [1.29, 1.82) is 0 Å². The first-order chi connectivity index (χ1) is 9.19. The molecule has 0 unspecified atom stereocenters. The average molecular weight is 265 g/mol. The third-order valence-corrected chi connectivity index (χ3v) is 5.39. The molecule has 4 fully saturated rings. The Labute approximate surface area is 116 Å². The van der Waals surface area contributed by atoms with Crippen LogP contribution in [0.25, 0.3) is 0 Å². The van der Waals surface area contributed by atoms with Gasteiger partial charge in [-0.1, -0.05) is 19.8 Å². The van der Waals surface area contributed by atoms with Crippen LogP contribution in [0.15, 0.2) is 0 Å². The van der Waals surface area contributed by atoms with E-state index in [1.165, 1.54) is 44.9 Å². The predicted octanol–water partition coefficient (Wildman–Crippen LogP) is 3.87. The van der Waals surface area contributed by atoms with Gasteiger partial charge in [0.2, 0.25) is 0 Å². The first kappa shape index (κ1) is 13.3. The van der Waals surface area contributed by atoms with Gasteiger partial charge in [0.1, 0.15) is 0 Å². The van der Waals surface area contributed by atoms with Gasteiger partial charge in [0.15, 0.2) is 0 Å². The second kappa shape index (κ2) is 5.34. The summed E-state index contributed by atoms with van der Waals surface area (Å²) in [7, 11) is 0. The van der Waals surface area contributed by atoms with E-state index in [0.29, 0.717) is 6.61 Å². The van der Waals surface area contributed by atoms with Crippen molar-refractivity contribution in [1.82, 2.24) is 5.32 Å². The van der Waals surface area contributed by atoms with Gasteiger partial charge in [-0.3, -0.25) is 0 Å². The third kappa shape index (κ3) is 2.90. The molecule has 3 nitrogen and oxygen atoms in total. The van der Waals surface area contributed by atoms with E-state index in [1.807, 2.05) is 0 Å². The minimum atomic E-state index is -0.168. The van der Waals surface area contributed by atoms with E-state index in [2.05, 4.69) is 12.2 Å². The van der Waals surface area contributed by atoms with Gasteiger partial charge in [-0.15, -0.1) is 0 Å². The molecule has 4 saturated carbocycles. The molecule has 0 aliphatic heterocycles. The zero-order chi connectivity index (χ0) is 13.3. The van der Waals surface area contributed by atoms with E-state index in [9.17, 15) is 4.79 Å². The number of hydrogen-bond donors (Lipinski definition) is 1. The van der Waals surface area contributed by atoms with E-state index in [4.69, 9.17) is 4.74 Å². The molecule has 4 aliphatic carbocycles. The zero-order valence-corrected chi connectivity index (χ0v) is 12.1. The lowest BCUT2D eigenvalue weighted by Gasteiger charge is -2.56. The van der Waals surface area contributed by atoms with Crippen LogP contribution in [0.2, 0.25) is 0 Å². The molecule has 19 heavy (non-hydrogen) atoms. The minimum Gasteiger partial charge on any atom is -0.450 e. The number of alkyl carbamates (subject to hydrolysis) is 1. The molecular weight excluding hydrogens is 238 g/mol. The molecule has 0 aromatic heterocycles. The van der Waals surface area contributed by atoms with Gasteiger partial charge in [0.05, 0.1) is 6.61 Å². The maximum atomic E-state index is 12.0. The maximum absolute atomic E-state index is 12.0. The summed E-state index contributed by atoms with van der Waals surface area (Å²) in [6.07, 6.45) is 11.0. The molecule has 1 N–H and O–H groups in total. The van der Waals surface area contributed by atoms with Gasteiger partial charge >= 0.3 is 6.09 Å². The zero-order valence-electron chi connectivity index (χ0n) is 12.1. The quantitative estimate of drug-likeness (QED) is 0.766. The van der Waals surface area contributed by atoms with Crippen molar-refractivity contribution >= 4 is 6.09 Å². The normalized spacial score (nSPS) is 39.3. The van der Waals surface area contributed by atoms with Crippen LogP contribution in [0.5, 0.6) is 0 Å². The van der Waals surface area contributed by atoms with Crippen LogP contribution < -0.4 is 5.32 Å². The first-order valence-electron chi connectivity index (χ1n) is 8.14. The molecule has 3 heteroatoms. The van der Waals surface area contributed by atoms with E-state index >= 15 is 0 Å². The highest BCUT2D eigenvalue weighted by atomic mass is 16.5. The fraction of sp³-hybridized carbons (Fsp3) is 0.938. The lowest BCUT2D eigenvalue weighted by Crippen LogP contribution is -2.59. The topological polar surface area (TPSA) is 38.3 Å². The number of carbonyl (C=O) groups is 1. The van der Waals surface area contributed by atoms with Crippen LogP contribution in [0.3, 0.4) is 0 Å². The van der Waals surface area contributed by atoms with E-state index in [1.54, 1.807) is 0 Å². The highest BCUT2D eigenvalue weighted by Gasteiger charge is 2.51. The highest BCUT2D eigenvalue weighted by Crippen LogP contribution is 2.55. The van der Waals surface area contributed by atoms with Gasteiger partial charge in [0, 0.05) is 5.54 Å². The van der Waals surface area contributed by atoms with Gasteiger partial charge < -0.3 is 10.1 Å². The lowest BCUT2D eigenvalue weighted by molar-refractivity contribution is -0.0191. The summed E-state index contributed by atoms with van der Waals surface area (Å²) in [5.41, 5.74) is 0.0938. The molecular formula is C16H27NO2. The van der Waals surface area contributed by atoms with Crippen molar-refractivity contribution in [2.75, 3.05) is 6.61 Å². The molecule has 4 rings (SSSR count). The first-order valence-corrected chi connectivity index (χ1v) is 8.14. The second-order valence-electron chi connectivity index (χ2n) is 7.17. The number of unbranched alkanes of at least 4 members (excludes halogenated alkanes) is 2. The number of amides is 1. The molecule has 4 bridgehead atoms. The summed E-state index contributed by atoms with van der Waals surface area (Å²) in [5.74, 6) is 2.60. The summed E-state index contributed by atoms with van der Waals surface area (Å²) in [6, 6.07) is 0. The van der Waals surface area contributed by atoms with Gasteiger partial charge in [0.25, 0.3) is 0 Å². The molecule has 0 atom stereocenters. The fourth-order valence-electron chi connectivity index (χ4n) is 5.03. The number of rotatable bonds is 5. The third-order valence-electron chi connectivity index (χ3n) is 5.39. The van der Waals surface area contributed by atoms with Gasteiger partial charge in [-0.25, -0.2) is 4.79 Å². The Bertz CT molecular complexity index is 304. The summed E-state index contributed by atoms with van der Waals surface area (Å²) >= 11 is 0. The Morgan fingerprint density at radius 3 is 2.21 bits per heavy atom. The highest BCUT2D eigenvalue weighted by molar-refractivity contribution is 5.68. The van der Waals surface area contributed by atoms with Gasteiger partial charge in [-0.2, -0.15) is 0 Å². The largest absolute Gasteiger partial charge is 0.450 e. The SMILES string of the molecule is CCCCCOC(=O)NC12CC3CC(CC(C3)C1)C2. The van der Waals surface area contributed by atoms with Crippen molar-refractivity contribution in [2.45, 2.75) is 70.3 Å². The molecule has 0 radical (unpaired) electrons. The van der Waals surface area contributed by atoms with Gasteiger partial charge in [-0.05, 0) is 62.7 Å². The molecule has 0 spiro atoms. The second-order valence-corrected chi connectivity index (χ2v) is 7.17. The average Bonchev–Trinajstić information content (AvgIpc) is 2.32. The molecule has 0 aromatic rings. The Balaban J connectivity index is 1.50. The molecule has 4 aliphatic rings. The molecule has 0 aromatic carbocycles. The molecule has 1 amide bonds. The lowest BCUT2D eigenvalue weighted by atomic mass is 9.53. The number of hydrogen-bond acceptors (Lipinski definition) is 2. The van der Waals surface area contributed by atoms with Crippen molar-refractivity contribution in [2.24, 2.45) is 17.8 Å². The molecule has 108 valence electrons. The Morgan fingerprint density at radius 1 is 1.11 bits per heavy atom. The number of carbonyl (C=O) groups excluding carboxylic acids is 1. The van der Waals surface area contributed by atoms with E-state index < -0.39 is 0 Å².